The predicted molar refractivity (Wildman–Crippen MR) is 89.6 cm³/mol. The summed E-state index contributed by atoms with van der Waals surface area (Å²) >= 11 is 12.0. The molecule has 130 valence electrons. The van der Waals surface area contributed by atoms with E-state index < -0.39 is 21.7 Å². The van der Waals surface area contributed by atoms with E-state index in [0.29, 0.717) is 0 Å². The number of halogens is 4. The summed E-state index contributed by atoms with van der Waals surface area (Å²) in [6.45, 7) is 1.53. The molecule has 0 heterocycles. The molecule has 2 aromatic carbocycles. The van der Waals surface area contributed by atoms with Gasteiger partial charge in [-0.2, -0.15) is 0 Å². The van der Waals surface area contributed by atoms with Crippen LogP contribution in [0.2, 0.25) is 10.0 Å². The molecule has 0 atom stereocenters. The molecular formula is C15H13Cl2F2NO3S. The van der Waals surface area contributed by atoms with Gasteiger partial charge in [-0.25, -0.2) is 17.2 Å². The van der Waals surface area contributed by atoms with Gasteiger partial charge in [0, 0.05) is 12.6 Å². The van der Waals surface area contributed by atoms with Crippen molar-refractivity contribution in [2.45, 2.75) is 11.8 Å². The molecule has 0 aliphatic carbocycles. The Morgan fingerprint density at radius 1 is 1.08 bits per heavy atom. The third-order valence-electron chi connectivity index (χ3n) is 3.28. The fourth-order valence-electron chi connectivity index (χ4n) is 2.12. The molecule has 0 bridgehead atoms. The molecule has 0 aliphatic rings. The summed E-state index contributed by atoms with van der Waals surface area (Å²) in [5.74, 6) is -2.01. The van der Waals surface area contributed by atoms with Gasteiger partial charge in [0.05, 0.1) is 17.8 Å². The lowest BCUT2D eigenvalue weighted by Crippen LogP contribution is -2.31. The predicted octanol–water partition coefficient (Wildman–Crippen LogP) is 4.50. The van der Waals surface area contributed by atoms with Crippen LogP contribution in [0.15, 0.2) is 35.2 Å². The Hall–Kier alpha value is -1.57. The molecule has 0 aliphatic heterocycles. The molecule has 2 aromatic rings. The van der Waals surface area contributed by atoms with Gasteiger partial charge in [-0.15, -0.1) is 0 Å². The number of rotatable bonds is 5. The summed E-state index contributed by atoms with van der Waals surface area (Å²) in [7, 11) is -2.77. The molecule has 24 heavy (non-hydrogen) atoms. The topological polar surface area (TPSA) is 46.6 Å². The largest absolute Gasteiger partial charge is 0.495 e. The smallest absolute Gasteiger partial charge is 0.265 e. The Labute approximate surface area is 148 Å². The average Bonchev–Trinajstić information content (AvgIpc) is 2.53. The van der Waals surface area contributed by atoms with Crippen LogP contribution in [0.3, 0.4) is 0 Å². The molecule has 2 rings (SSSR count). The lowest BCUT2D eigenvalue weighted by molar-refractivity contribution is 0.414. The number of sulfonamides is 1. The van der Waals surface area contributed by atoms with Crippen molar-refractivity contribution in [1.82, 2.24) is 0 Å². The third kappa shape index (κ3) is 3.29. The molecule has 0 N–H and O–H groups in total. The van der Waals surface area contributed by atoms with Gasteiger partial charge in [0.15, 0.2) is 11.6 Å². The highest BCUT2D eigenvalue weighted by Crippen LogP contribution is 2.38. The zero-order valence-corrected chi connectivity index (χ0v) is 15.0. The van der Waals surface area contributed by atoms with Crippen molar-refractivity contribution >= 4 is 38.9 Å². The van der Waals surface area contributed by atoms with Crippen molar-refractivity contribution in [2.75, 3.05) is 18.0 Å². The second kappa shape index (κ2) is 7.13. The molecule has 0 aromatic heterocycles. The maximum Gasteiger partial charge on any atom is 0.265 e. The first-order valence-corrected chi connectivity index (χ1v) is 8.93. The molecule has 0 saturated carbocycles. The average molecular weight is 396 g/mol. The normalized spacial score (nSPS) is 11.4. The maximum absolute atomic E-state index is 13.4. The maximum atomic E-state index is 13.4. The second-order valence-electron chi connectivity index (χ2n) is 4.66. The van der Waals surface area contributed by atoms with E-state index in [-0.39, 0.29) is 32.9 Å². The van der Waals surface area contributed by atoms with Crippen LogP contribution in [0, 0.1) is 11.6 Å². The van der Waals surface area contributed by atoms with Crippen molar-refractivity contribution in [1.29, 1.82) is 0 Å². The standard InChI is InChI=1S/C15H13Cl2F2NO3S/c1-3-20(9-4-5-10(18)11(19)8-9)24(21,22)13-7-6-12(23-2)14(16)15(13)17/h4-8H,3H2,1-2H3. The first kappa shape index (κ1) is 18.8. The number of methoxy groups -OCH3 is 1. The Morgan fingerprint density at radius 3 is 2.29 bits per heavy atom. The first-order valence-electron chi connectivity index (χ1n) is 6.73. The van der Waals surface area contributed by atoms with E-state index >= 15 is 0 Å². The zero-order chi connectivity index (χ0) is 18.1. The van der Waals surface area contributed by atoms with E-state index in [1.54, 1.807) is 6.92 Å². The van der Waals surface area contributed by atoms with E-state index in [2.05, 4.69) is 0 Å². The molecule has 0 amide bonds. The van der Waals surface area contributed by atoms with Crippen LogP contribution < -0.4 is 9.04 Å². The summed E-state index contributed by atoms with van der Waals surface area (Å²) < 4.78 is 58.1. The third-order valence-corrected chi connectivity index (χ3v) is 6.20. The number of hydrogen-bond acceptors (Lipinski definition) is 3. The molecular weight excluding hydrogens is 383 g/mol. The minimum absolute atomic E-state index is 0.0205. The number of nitrogens with zero attached hydrogens (tertiary/aromatic N) is 1. The van der Waals surface area contributed by atoms with Gasteiger partial charge in [0.2, 0.25) is 0 Å². The lowest BCUT2D eigenvalue weighted by Gasteiger charge is -2.24. The van der Waals surface area contributed by atoms with Crippen LogP contribution in [0.1, 0.15) is 6.92 Å². The van der Waals surface area contributed by atoms with Gasteiger partial charge >= 0.3 is 0 Å². The van der Waals surface area contributed by atoms with Gasteiger partial charge in [-0.05, 0) is 31.2 Å². The minimum Gasteiger partial charge on any atom is -0.495 e. The fraction of sp³-hybridized carbons (Fsp3) is 0.200. The van der Waals surface area contributed by atoms with Gasteiger partial charge in [-0.1, -0.05) is 23.2 Å². The molecule has 0 fully saturated rings. The van der Waals surface area contributed by atoms with E-state index in [1.807, 2.05) is 0 Å². The monoisotopic (exact) mass is 395 g/mol. The Balaban J connectivity index is 2.59. The van der Waals surface area contributed by atoms with Crippen molar-refractivity contribution in [3.63, 3.8) is 0 Å². The first-order chi connectivity index (χ1) is 11.2. The van der Waals surface area contributed by atoms with E-state index in [9.17, 15) is 17.2 Å². The minimum atomic E-state index is -4.14. The SMILES string of the molecule is CCN(c1ccc(F)c(F)c1)S(=O)(=O)c1ccc(OC)c(Cl)c1Cl. The lowest BCUT2D eigenvalue weighted by atomic mass is 10.3. The Morgan fingerprint density at radius 2 is 1.75 bits per heavy atom. The molecule has 0 radical (unpaired) electrons. The van der Waals surface area contributed by atoms with E-state index in [1.165, 1.54) is 25.3 Å². The summed E-state index contributed by atoms with van der Waals surface area (Å²) in [5.41, 5.74) is -0.0283. The highest BCUT2D eigenvalue weighted by molar-refractivity contribution is 7.93. The van der Waals surface area contributed by atoms with Gasteiger partial charge in [-0.3, -0.25) is 4.31 Å². The molecule has 0 unspecified atom stereocenters. The van der Waals surface area contributed by atoms with Crippen LogP contribution in [0.5, 0.6) is 5.75 Å². The summed E-state index contributed by atoms with van der Waals surface area (Å²) in [6.07, 6.45) is 0. The zero-order valence-electron chi connectivity index (χ0n) is 12.7. The van der Waals surface area contributed by atoms with Crippen molar-refractivity contribution in [2.24, 2.45) is 0 Å². The number of benzene rings is 2. The number of ether oxygens (including phenoxy) is 1. The van der Waals surface area contributed by atoms with Crippen molar-refractivity contribution in [3.05, 3.63) is 52.0 Å². The van der Waals surface area contributed by atoms with Gasteiger partial charge < -0.3 is 4.74 Å². The molecule has 0 saturated heterocycles. The highest BCUT2D eigenvalue weighted by atomic mass is 35.5. The van der Waals surface area contributed by atoms with Gasteiger partial charge in [0.1, 0.15) is 15.7 Å². The van der Waals surface area contributed by atoms with Gasteiger partial charge in [0.25, 0.3) is 10.0 Å². The summed E-state index contributed by atoms with van der Waals surface area (Å²) in [4.78, 5) is -0.262. The molecule has 4 nitrogen and oxygen atoms in total. The second-order valence-corrected chi connectivity index (χ2v) is 7.25. The summed E-state index contributed by atoms with van der Waals surface area (Å²) in [5, 5.41) is -0.265. The van der Waals surface area contributed by atoms with Crippen LogP contribution in [-0.2, 0) is 10.0 Å². The van der Waals surface area contributed by atoms with Crippen LogP contribution in [0.25, 0.3) is 0 Å². The van der Waals surface area contributed by atoms with Crippen molar-refractivity contribution < 1.29 is 21.9 Å². The Bertz CT molecular complexity index is 875. The molecule has 9 heteroatoms. The van der Waals surface area contributed by atoms with E-state index in [0.717, 1.165) is 16.4 Å². The summed E-state index contributed by atoms with van der Waals surface area (Å²) in [6, 6.07) is 5.42. The van der Waals surface area contributed by atoms with Crippen LogP contribution in [0.4, 0.5) is 14.5 Å². The number of anilines is 1. The van der Waals surface area contributed by atoms with E-state index in [4.69, 9.17) is 27.9 Å². The number of hydrogen-bond donors (Lipinski definition) is 0. The fourth-order valence-corrected chi connectivity index (χ4v) is 4.40. The van der Waals surface area contributed by atoms with Crippen LogP contribution in [-0.4, -0.2) is 22.1 Å². The highest BCUT2D eigenvalue weighted by Gasteiger charge is 2.28. The quantitative estimate of drug-likeness (QED) is 0.748. The van der Waals surface area contributed by atoms with Crippen molar-refractivity contribution in [3.8, 4) is 5.75 Å². The molecule has 0 spiro atoms. The Kier molecular flexibility index (Phi) is 5.57. The van der Waals surface area contributed by atoms with Crippen LogP contribution >= 0.6 is 23.2 Å².